The highest BCUT2D eigenvalue weighted by Gasteiger charge is 2.46. The van der Waals surface area contributed by atoms with Gasteiger partial charge in [0.25, 0.3) is 0 Å². The van der Waals surface area contributed by atoms with Crippen molar-refractivity contribution in [3.63, 3.8) is 0 Å². The molecule has 1 fully saturated rings. The molecule has 6 rings (SSSR count). The van der Waals surface area contributed by atoms with Gasteiger partial charge in [-0.25, -0.2) is 0 Å². The van der Waals surface area contributed by atoms with Crippen LogP contribution in [0.2, 0.25) is 0 Å². The first-order valence-corrected chi connectivity index (χ1v) is 26.1. The number of fused-ring (bicyclic) bond motifs is 2. The van der Waals surface area contributed by atoms with Gasteiger partial charge in [-0.05, 0) is 91.2 Å². The van der Waals surface area contributed by atoms with E-state index in [1.807, 2.05) is 49.4 Å². The topological polar surface area (TPSA) is 327 Å². The number of nitrogens with two attached hydrogens (primary N) is 3. The molecule has 8 amide bonds. The maximum Gasteiger partial charge on any atom is 0.246 e. The van der Waals surface area contributed by atoms with Crippen molar-refractivity contribution in [3.05, 3.63) is 107 Å². The predicted molar refractivity (Wildman–Crippen MR) is 285 cm³/mol. The summed E-state index contributed by atoms with van der Waals surface area (Å²) in [4.78, 5) is 121. The van der Waals surface area contributed by atoms with Crippen molar-refractivity contribution in [2.75, 3.05) is 13.1 Å². The van der Waals surface area contributed by atoms with Crippen molar-refractivity contribution in [2.24, 2.45) is 22.2 Å². The number of carbonyl (C=O) groups excluding carboxylic acids is 8. The number of para-hydroxylation sites is 1. The number of hydrogen-bond acceptors (Lipinski definition) is 9. The Hall–Kier alpha value is -7.77. The van der Waals surface area contributed by atoms with Gasteiger partial charge in [0.2, 0.25) is 47.3 Å². The van der Waals surface area contributed by atoms with E-state index in [9.17, 15) is 33.6 Å². The summed E-state index contributed by atoms with van der Waals surface area (Å²) in [6.45, 7) is 6.29. The van der Waals surface area contributed by atoms with Crippen LogP contribution in [-0.2, 0) is 64.0 Å². The van der Waals surface area contributed by atoms with Crippen molar-refractivity contribution in [1.29, 1.82) is 0 Å². The van der Waals surface area contributed by atoms with Gasteiger partial charge < -0.3 is 59.4 Å². The van der Waals surface area contributed by atoms with E-state index in [4.69, 9.17) is 17.2 Å². The molecule has 20 heteroatoms. The number of nitrogens with one attached hydrogen (secondary N) is 8. The SMILES string of the molecule is CCCCC(=O)N[C@@H]1CC(=O)NCCCC[C@@H](C(N)=O)NC(=O)[C@H](Cc2c[nH]c3ccccc23)NC(=O)[C@@H](CCCN=C(N)N)NC(=O)[C@H](Cc2ccccc2)NC(=O)C2(CCc3c(cccc3C(C)C)C2)NC1=O. The number of rotatable bonds is 14. The number of guanidine groups is 1. The first kappa shape index (κ1) is 56.5. The second-order valence-corrected chi connectivity index (χ2v) is 20.0. The number of carbonyl (C=O) groups is 8. The zero-order valence-corrected chi connectivity index (χ0v) is 43.2. The lowest BCUT2D eigenvalue weighted by molar-refractivity contribution is -0.139. The lowest BCUT2D eigenvalue weighted by Gasteiger charge is -2.40. The van der Waals surface area contributed by atoms with E-state index in [-0.39, 0.29) is 76.3 Å². The maximum absolute atomic E-state index is 15.4. The van der Waals surface area contributed by atoms with Crippen LogP contribution in [0.4, 0.5) is 0 Å². The minimum atomic E-state index is -1.69. The van der Waals surface area contributed by atoms with E-state index in [2.05, 4.69) is 61.0 Å². The minimum Gasteiger partial charge on any atom is -0.370 e. The van der Waals surface area contributed by atoms with Crippen LogP contribution in [0.5, 0.6) is 0 Å². The van der Waals surface area contributed by atoms with Crippen molar-refractivity contribution in [3.8, 4) is 0 Å². The number of unbranched alkanes of at least 4 members (excludes halogenated alkanes) is 1. The Kier molecular flexibility index (Phi) is 20.3. The van der Waals surface area contributed by atoms with E-state index in [1.165, 1.54) is 0 Å². The standard InChI is InChI=1S/C55H74N12O8/c1-4-5-23-46(68)62-45-30-47(69)59-26-12-11-21-41(48(56)70)63-51(73)44(29-36-32-61-40-20-10-9-18-39(36)40)65-49(71)42(22-14-27-60-54(57)58)64-50(72)43(28-34-15-7-6-8-16-34)66-53(75)55(67-52(45)74)25-24-38-35(31-55)17-13-19-37(38)33(2)3/h6-10,13,15-20,32-33,41-45,61H,4-5,11-12,14,21-31H2,1-3H3,(H2,56,70)(H,59,69)(H,62,68)(H,63,73)(H,64,72)(H,65,71)(H,66,75)(H,67,74)(H4,57,58,60)/t41-,42+,43-,44-,45+,55?/m0/s1. The number of amides is 8. The van der Waals surface area contributed by atoms with Gasteiger partial charge in [-0.2, -0.15) is 0 Å². The monoisotopic (exact) mass is 1030 g/mol. The summed E-state index contributed by atoms with van der Waals surface area (Å²) < 4.78 is 0. The average molecular weight is 1030 g/mol. The third kappa shape index (κ3) is 15.9. The third-order valence-electron chi connectivity index (χ3n) is 13.9. The molecule has 1 aliphatic heterocycles. The van der Waals surface area contributed by atoms with Crippen LogP contribution in [-0.4, -0.2) is 107 Å². The van der Waals surface area contributed by atoms with Crippen molar-refractivity contribution in [1.82, 2.24) is 42.2 Å². The number of primary amides is 1. The van der Waals surface area contributed by atoms with Crippen LogP contribution < -0.4 is 54.4 Å². The van der Waals surface area contributed by atoms with Gasteiger partial charge in [0.1, 0.15) is 35.7 Å². The first-order chi connectivity index (χ1) is 36.0. The number of aromatic amines is 1. The Labute approximate surface area is 437 Å². The Balaban J connectivity index is 1.42. The van der Waals surface area contributed by atoms with Crippen LogP contribution in [0, 0.1) is 0 Å². The summed E-state index contributed by atoms with van der Waals surface area (Å²) in [5, 5.41) is 20.7. The van der Waals surface area contributed by atoms with E-state index >= 15 is 4.79 Å². The van der Waals surface area contributed by atoms with Crippen LogP contribution in [0.1, 0.15) is 119 Å². The second-order valence-electron chi connectivity index (χ2n) is 20.0. The summed E-state index contributed by atoms with van der Waals surface area (Å²) in [6, 6.07) is 15.7. The molecule has 1 saturated heterocycles. The number of hydrogen-bond donors (Lipinski definition) is 11. The van der Waals surface area contributed by atoms with Crippen LogP contribution >= 0.6 is 0 Å². The van der Waals surface area contributed by atoms with Gasteiger partial charge in [-0.1, -0.05) is 93.9 Å². The Morgan fingerprint density at radius 1 is 0.787 bits per heavy atom. The summed E-state index contributed by atoms with van der Waals surface area (Å²) in [6.07, 6.45) is 3.96. The zero-order valence-electron chi connectivity index (χ0n) is 43.2. The largest absolute Gasteiger partial charge is 0.370 e. The molecule has 3 aromatic carbocycles. The van der Waals surface area contributed by atoms with Crippen molar-refractivity contribution in [2.45, 2.75) is 152 Å². The van der Waals surface area contributed by atoms with Gasteiger partial charge in [-0.15, -0.1) is 0 Å². The lowest BCUT2D eigenvalue weighted by Crippen LogP contribution is -2.67. The number of benzene rings is 3. The Morgan fingerprint density at radius 3 is 2.23 bits per heavy atom. The fraction of sp³-hybridized carbons (Fsp3) is 0.473. The molecule has 1 aromatic heterocycles. The number of aliphatic imine (C=N–C) groups is 1. The number of nitrogens with zero attached hydrogens (tertiary/aromatic N) is 1. The van der Waals surface area contributed by atoms with Crippen molar-refractivity contribution >= 4 is 64.1 Å². The Bertz CT molecular complexity index is 2700. The molecule has 2 aliphatic rings. The molecule has 1 aliphatic carbocycles. The summed E-state index contributed by atoms with van der Waals surface area (Å²) in [5.74, 6) is -5.52. The molecule has 6 atom stereocenters. The van der Waals surface area contributed by atoms with Gasteiger partial charge in [0, 0.05) is 55.9 Å². The zero-order chi connectivity index (χ0) is 54.1. The number of H-pyrrole nitrogens is 1. The van der Waals surface area contributed by atoms with E-state index in [1.54, 1.807) is 36.5 Å². The van der Waals surface area contributed by atoms with Gasteiger partial charge in [0.05, 0.1) is 6.42 Å². The molecule has 2 heterocycles. The highest BCUT2D eigenvalue weighted by atomic mass is 16.2. The highest BCUT2D eigenvalue weighted by Crippen LogP contribution is 2.34. The lowest BCUT2D eigenvalue weighted by atomic mass is 9.74. The summed E-state index contributed by atoms with van der Waals surface area (Å²) in [7, 11) is 0. The van der Waals surface area contributed by atoms with Crippen LogP contribution in [0.15, 0.2) is 84.0 Å². The molecule has 1 unspecified atom stereocenters. The normalized spacial score (nSPS) is 22.6. The summed E-state index contributed by atoms with van der Waals surface area (Å²) in [5.41, 5.74) is 20.5. The maximum atomic E-state index is 15.4. The molecule has 20 nitrogen and oxygen atoms in total. The quantitative estimate of drug-likeness (QED) is 0.0496. The van der Waals surface area contributed by atoms with E-state index < -0.39 is 89.4 Å². The first-order valence-electron chi connectivity index (χ1n) is 26.1. The fourth-order valence-electron chi connectivity index (χ4n) is 9.83. The molecule has 75 heavy (non-hydrogen) atoms. The predicted octanol–water partition coefficient (Wildman–Crippen LogP) is 1.96. The minimum absolute atomic E-state index is 0.0151. The molecule has 402 valence electrons. The van der Waals surface area contributed by atoms with E-state index in [0.29, 0.717) is 43.2 Å². The smallest absolute Gasteiger partial charge is 0.246 e. The third-order valence-corrected chi connectivity index (χ3v) is 13.9. The molecule has 4 aromatic rings. The van der Waals surface area contributed by atoms with Crippen LogP contribution in [0.3, 0.4) is 0 Å². The number of aromatic nitrogens is 1. The molecule has 1 spiro atoms. The van der Waals surface area contributed by atoms with Gasteiger partial charge in [0.15, 0.2) is 5.96 Å². The molecule has 0 bridgehead atoms. The van der Waals surface area contributed by atoms with Crippen molar-refractivity contribution < 1.29 is 38.4 Å². The van der Waals surface area contributed by atoms with E-state index in [0.717, 1.165) is 27.6 Å². The highest BCUT2D eigenvalue weighted by molar-refractivity contribution is 6.00. The fourth-order valence-corrected chi connectivity index (χ4v) is 9.83. The Morgan fingerprint density at radius 2 is 1.49 bits per heavy atom. The molecule has 0 radical (unpaired) electrons. The molecular formula is C55H74N12O8. The van der Waals surface area contributed by atoms with Gasteiger partial charge >= 0.3 is 0 Å². The molecule has 14 N–H and O–H groups in total. The van der Waals surface area contributed by atoms with Gasteiger partial charge in [-0.3, -0.25) is 43.3 Å². The second kappa shape index (κ2) is 27.0. The molecular weight excluding hydrogens is 957 g/mol. The molecule has 0 saturated carbocycles. The summed E-state index contributed by atoms with van der Waals surface area (Å²) >= 11 is 0. The van der Waals surface area contributed by atoms with Crippen LogP contribution in [0.25, 0.3) is 10.9 Å². The average Bonchev–Trinajstić information content (AvgIpc) is 3.79.